The van der Waals surface area contributed by atoms with Crippen LogP contribution in [-0.4, -0.2) is 52.5 Å². The molecule has 2 bridgehead atoms. The Hall–Kier alpha value is -1.17. The summed E-state index contributed by atoms with van der Waals surface area (Å²) in [6.45, 7) is 9.66. The molecule has 0 saturated carbocycles. The second kappa shape index (κ2) is 6.38. The van der Waals surface area contributed by atoms with Crippen LogP contribution in [0.3, 0.4) is 0 Å². The molecule has 0 amide bonds. The van der Waals surface area contributed by atoms with Crippen molar-refractivity contribution in [3.05, 3.63) is 34.2 Å². The maximum absolute atomic E-state index is 12.0. The predicted octanol–water partition coefficient (Wildman–Crippen LogP) is 1.44. The van der Waals surface area contributed by atoms with Gasteiger partial charge < -0.3 is 14.4 Å². The Kier molecular flexibility index (Phi) is 4.63. The Balaban J connectivity index is 1.63. The van der Waals surface area contributed by atoms with Crippen LogP contribution in [0.15, 0.2) is 23.0 Å². The zero-order valence-electron chi connectivity index (χ0n) is 14.4. The van der Waals surface area contributed by atoms with E-state index in [4.69, 9.17) is 4.74 Å². The standard InChI is InChI=1S/C18H28N2O3/c1-18(2,3)23-12-15(21)11-19-8-13-7-14(10-19)16-5-4-6-17(22)20(16)9-13/h4-6,13-15,21H,7-12H2,1-3H3/t13-,14+,15?/m1/s1. The largest absolute Gasteiger partial charge is 0.389 e. The highest BCUT2D eigenvalue weighted by molar-refractivity contribution is 5.16. The molecule has 2 aliphatic rings. The number of pyridine rings is 1. The lowest BCUT2D eigenvalue weighted by Gasteiger charge is -2.43. The Morgan fingerprint density at radius 1 is 1.30 bits per heavy atom. The Morgan fingerprint density at radius 3 is 2.83 bits per heavy atom. The Morgan fingerprint density at radius 2 is 2.09 bits per heavy atom. The van der Waals surface area contributed by atoms with Crippen LogP contribution in [0.2, 0.25) is 0 Å². The number of fused-ring (bicyclic) bond motifs is 4. The summed E-state index contributed by atoms with van der Waals surface area (Å²) >= 11 is 0. The summed E-state index contributed by atoms with van der Waals surface area (Å²) in [6, 6.07) is 5.58. The number of likely N-dealkylation sites (tertiary alicyclic amines) is 1. The van der Waals surface area contributed by atoms with Crippen molar-refractivity contribution in [1.29, 1.82) is 0 Å². The van der Waals surface area contributed by atoms with E-state index in [-0.39, 0.29) is 11.2 Å². The number of aliphatic hydroxyl groups is 1. The van der Waals surface area contributed by atoms with E-state index in [0.717, 1.165) is 31.7 Å². The lowest BCUT2D eigenvalue weighted by Crippen LogP contribution is -2.49. The monoisotopic (exact) mass is 320 g/mol. The Labute approximate surface area is 137 Å². The normalized spacial score (nSPS) is 25.9. The average molecular weight is 320 g/mol. The molecular formula is C18H28N2O3. The topological polar surface area (TPSA) is 54.7 Å². The van der Waals surface area contributed by atoms with E-state index in [2.05, 4.69) is 11.0 Å². The van der Waals surface area contributed by atoms with Crippen LogP contribution < -0.4 is 5.56 Å². The van der Waals surface area contributed by atoms with E-state index in [1.807, 2.05) is 31.4 Å². The number of β-amino-alcohol motifs (C(OH)–C–C–N with tert-alkyl or cyclic N) is 1. The molecule has 1 unspecified atom stereocenters. The van der Waals surface area contributed by atoms with Gasteiger partial charge in [-0.3, -0.25) is 9.69 Å². The van der Waals surface area contributed by atoms with E-state index in [0.29, 0.717) is 25.0 Å². The molecule has 1 aromatic heterocycles. The van der Waals surface area contributed by atoms with Crippen LogP contribution in [0.25, 0.3) is 0 Å². The van der Waals surface area contributed by atoms with E-state index in [9.17, 15) is 9.90 Å². The third kappa shape index (κ3) is 4.03. The highest BCUT2D eigenvalue weighted by atomic mass is 16.5. The maximum atomic E-state index is 12.0. The third-order valence-corrected chi connectivity index (χ3v) is 4.73. The summed E-state index contributed by atoms with van der Waals surface area (Å²) in [7, 11) is 0. The minimum atomic E-state index is -0.467. The number of rotatable bonds is 4. The first kappa shape index (κ1) is 16.7. The molecule has 1 fully saturated rings. The molecule has 23 heavy (non-hydrogen) atoms. The quantitative estimate of drug-likeness (QED) is 0.912. The zero-order valence-corrected chi connectivity index (χ0v) is 14.4. The predicted molar refractivity (Wildman–Crippen MR) is 89.7 cm³/mol. The van der Waals surface area contributed by atoms with Crippen molar-refractivity contribution in [3.63, 3.8) is 0 Å². The Bertz CT molecular complexity index is 605. The smallest absolute Gasteiger partial charge is 0.250 e. The molecule has 3 rings (SSSR count). The second-order valence-corrected chi connectivity index (χ2v) is 7.99. The fourth-order valence-electron chi connectivity index (χ4n) is 3.84. The third-order valence-electron chi connectivity index (χ3n) is 4.73. The number of aromatic nitrogens is 1. The molecule has 128 valence electrons. The van der Waals surface area contributed by atoms with Gasteiger partial charge in [0.1, 0.15) is 0 Å². The molecule has 0 radical (unpaired) electrons. The first-order valence-electron chi connectivity index (χ1n) is 8.56. The number of aliphatic hydroxyl groups excluding tert-OH is 1. The molecule has 0 aliphatic carbocycles. The molecule has 5 nitrogen and oxygen atoms in total. The van der Waals surface area contributed by atoms with Crippen molar-refractivity contribution in [1.82, 2.24) is 9.47 Å². The first-order valence-corrected chi connectivity index (χ1v) is 8.56. The SMILES string of the molecule is CC(C)(C)OCC(O)CN1C[C@H]2C[C@@H](C1)c1cccc(=O)n1C2. The maximum Gasteiger partial charge on any atom is 0.250 e. The van der Waals surface area contributed by atoms with Crippen molar-refractivity contribution in [2.24, 2.45) is 5.92 Å². The van der Waals surface area contributed by atoms with Crippen LogP contribution >= 0.6 is 0 Å². The molecule has 1 N–H and O–H groups in total. The number of piperidine rings is 1. The summed E-state index contributed by atoms with van der Waals surface area (Å²) in [5.41, 5.74) is 1.04. The highest BCUT2D eigenvalue weighted by Crippen LogP contribution is 2.34. The summed E-state index contributed by atoms with van der Waals surface area (Å²) in [5, 5.41) is 10.2. The van der Waals surface area contributed by atoms with Crippen LogP contribution in [-0.2, 0) is 11.3 Å². The van der Waals surface area contributed by atoms with Crippen LogP contribution in [0, 0.1) is 5.92 Å². The number of nitrogens with zero attached hydrogens (tertiary/aromatic N) is 2. The number of hydrogen-bond acceptors (Lipinski definition) is 4. The van der Waals surface area contributed by atoms with Gasteiger partial charge in [-0.05, 0) is 39.2 Å². The molecule has 5 heteroatoms. The van der Waals surface area contributed by atoms with Crippen molar-refractivity contribution >= 4 is 0 Å². The van der Waals surface area contributed by atoms with Crippen molar-refractivity contribution < 1.29 is 9.84 Å². The molecule has 3 heterocycles. The molecule has 2 aliphatic heterocycles. The summed E-state index contributed by atoms with van der Waals surface area (Å²) < 4.78 is 7.62. The molecule has 0 spiro atoms. The number of hydrogen-bond donors (Lipinski definition) is 1. The summed E-state index contributed by atoms with van der Waals surface area (Å²) in [6.07, 6.45) is 0.681. The minimum absolute atomic E-state index is 0.115. The van der Waals surface area contributed by atoms with Crippen LogP contribution in [0.5, 0.6) is 0 Å². The van der Waals surface area contributed by atoms with Gasteiger partial charge in [0.05, 0.1) is 18.3 Å². The summed E-state index contributed by atoms with van der Waals surface area (Å²) in [4.78, 5) is 14.4. The molecular weight excluding hydrogens is 292 g/mol. The van der Waals surface area contributed by atoms with Crippen molar-refractivity contribution in [2.75, 3.05) is 26.2 Å². The fraction of sp³-hybridized carbons (Fsp3) is 0.722. The van der Waals surface area contributed by atoms with Gasteiger partial charge in [-0.1, -0.05) is 6.07 Å². The molecule has 1 saturated heterocycles. The van der Waals surface area contributed by atoms with Gasteiger partial charge in [-0.2, -0.15) is 0 Å². The average Bonchev–Trinajstić information content (AvgIpc) is 2.46. The molecule has 0 aromatic carbocycles. The van der Waals surface area contributed by atoms with Gasteiger partial charge in [0.15, 0.2) is 0 Å². The highest BCUT2D eigenvalue weighted by Gasteiger charge is 2.34. The lowest BCUT2D eigenvalue weighted by atomic mass is 9.83. The second-order valence-electron chi connectivity index (χ2n) is 7.99. The van der Waals surface area contributed by atoms with E-state index >= 15 is 0 Å². The molecule has 3 atom stereocenters. The van der Waals surface area contributed by atoms with Crippen molar-refractivity contribution in [2.45, 2.75) is 51.4 Å². The van der Waals surface area contributed by atoms with Gasteiger partial charge >= 0.3 is 0 Å². The summed E-state index contributed by atoms with van der Waals surface area (Å²) in [5.74, 6) is 0.893. The van der Waals surface area contributed by atoms with E-state index < -0.39 is 6.10 Å². The zero-order chi connectivity index (χ0) is 16.6. The van der Waals surface area contributed by atoms with Crippen molar-refractivity contribution in [3.8, 4) is 0 Å². The van der Waals surface area contributed by atoms with Gasteiger partial charge in [-0.25, -0.2) is 0 Å². The van der Waals surface area contributed by atoms with Gasteiger partial charge in [0.2, 0.25) is 0 Å². The molecule has 1 aromatic rings. The van der Waals surface area contributed by atoms with E-state index in [1.54, 1.807) is 6.07 Å². The van der Waals surface area contributed by atoms with Crippen LogP contribution in [0.4, 0.5) is 0 Å². The van der Waals surface area contributed by atoms with Gasteiger partial charge in [0.25, 0.3) is 5.56 Å². The van der Waals surface area contributed by atoms with Gasteiger partial charge in [0, 0.05) is 43.9 Å². The van der Waals surface area contributed by atoms with Gasteiger partial charge in [-0.15, -0.1) is 0 Å². The number of ether oxygens (including phenoxy) is 1. The lowest BCUT2D eigenvalue weighted by molar-refractivity contribution is -0.0599. The van der Waals surface area contributed by atoms with E-state index in [1.165, 1.54) is 0 Å². The minimum Gasteiger partial charge on any atom is -0.389 e. The fourth-order valence-corrected chi connectivity index (χ4v) is 3.84. The first-order chi connectivity index (χ1) is 10.8. The van der Waals surface area contributed by atoms with Crippen LogP contribution in [0.1, 0.15) is 38.8 Å².